The SMILES string of the molecule is Cc1ccc2c(c1)C(=O)NCC(=O)N2C(C)C. The maximum atomic E-state index is 12.0. The van der Waals surface area contributed by atoms with Crippen LogP contribution in [-0.2, 0) is 4.79 Å². The number of hydrogen-bond acceptors (Lipinski definition) is 2. The van der Waals surface area contributed by atoms with Crippen molar-refractivity contribution in [1.29, 1.82) is 0 Å². The van der Waals surface area contributed by atoms with Crippen molar-refractivity contribution in [3.63, 3.8) is 0 Å². The zero-order valence-corrected chi connectivity index (χ0v) is 10.3. The minimum absolute atomic E-state index is 0.0386. The Bertz CT molecular complexity index is 480. The van der Waals surface area contributed by atoms with E-state index < -0.39 is 0 Å². The molecule has 1 aliphatic rings. The highest BCUT2D eigenvalue weighted by atomic mass is 16.2. The minimum atomic E-state index is -0.180. The van der Waals surface area contributed by atoms with Crippen LogP contribution in [0.4, 0.5) is 5.69 Å². The zero-order chi connectivity index (χ0) is 12.6. The fourth-order valence-corrected chi connectivity index (χ4v) is 2.08. The van der Waals surface area contributed by atoms with Crippen molar-refractivity contribution >= 4 is 17.5 Å². The lowest BCUT2D eigenvalue weighted by Gasteiger charge is -2.26. The number of anilines is 1. The molecule has 0 bridgehead atoms. The summed E-state index contributed by atoms with van der Waals surface area (Å²) in [6.45, 7) is 5.87. The van der Waals surface area contributed by atoms with Gasteiger partial charge in [0.25, 0.3) is 5.91 Å². The molecule has 0 spiro atoms. The van der Waals surface area contributed by atoms with E-state index in [1.807, 2.05) is 39.0 Å². The smallest absolute Gasteiger partial charge is 0.253 e. The van der Waals surface area contributed by atoms with E-state index in [2.05, 4.69) is 5.32 Å². The van der Waals surface area contributed by atoms with E-state index in [1.165, 1.54) is 0 Å². The van der Waals surface area contributed by atoms with Crippen molar-refractivity contribution < 1.29 is 9.59 Å². The summed E-state index contributed by atoms with van der Waals surface area (Å²) in [6.07, 6.45) is 0. The first-order valence-electron chi connectivity index (χ1n) is 5.71. The van der Waals surface area contributed by atoms with Gasteiger partial charge >= 0.3 is 0 Å². The van der Waals surface area contributed by atoms with Gasteiger partial charge in [0.1, 0.15) is 0 Å². The third-order valence-corrected chi connectivity index (χ3v) is 2.84. The summed E-state index contributed by atoms with van der Waals surface area (Å²) in [5, 5.41) is 2.63. The Kier molecular flexibility index (Phi) is 2.88. The summed E-state index contributed by atoms with van der Waals surface area (Å²) in [4.78, 5) is 25.5. The summed E-state index contributed by atoms with van der Waals surface area (Å²) in [7, 11) is 0. The number of rotatable bonds is 1. The molecular formula is C13H16N2O2. The normalized spacial score (nSPS) is 15.6. The molecule has 0 aromatic heterocycles. The highest BCUT2D eigenvalue weighted by Crippen LogP contribution is 2.25. The molecule has 17 heavy (non-hydrogen) atoms. The fraction of sp³-hybridized carbons (Fsp3) is 0.385. The third kappa shape index (κ3) is 2.02. The number of aryl methyl sites for hydroxylation is 1. The molecule has 4 heteroatoms. The number of carbonyl (C=O) groups excluding carboxylic acids is 2. The van der Waals surface area contributed by atoms with Crippen LogP contribution in [0.3, 0.4) is 0 Å². The number of nitrogens with zero attached hydrogens (tertiary/aromatic N) is 1. The van der Waals surface area contributed by atoms with Crippen LogP contribution in [0.1, 0.15) is 29.8 Å². The van der Waals surface area contributed by atoms with Crippen LogP contribution in [0.5, 0.6) is 0 Å². The first-order chi connectivity index (χ1) is 8.00. The molecule has 2 amide bonds. The monoisotopic (exact) mass is 232 g/mol. The Hall–Kier alpha value is -1.84. The Balaban J connectivity index is 2.60. The molecular weight excluding hydrogens is 216 g/mol. The predicted molar refractivity (Wildman–Crippen MR) is 66.1 cm³/mol. The molecule has 90 valence electrons. The molecule has 1 heterocycles. The van der Waals surface area contributed by atoms with E-state index in [1.54, 1.807) is 4.90 Å². The first-order valence-corrected chi connectivity index (χ1v) is 5.71. The highest BCUT2D eigenvalue weighted by Gasteiger charge is 2.27. The van der Waals surface area contributed by atoms with Gasteiger partial charge < -0.3 is 10.2 Å². The molecule has 0 fully saturated rings. The lowest BCUT2D eigenvalue weighted by Crippen LogP contribution is -2.40. The standard InChI is InChI=1S/C13H16N2O2/c1-8(2)15-11-5-4-9(3)6-10(11)13(17)14-7-12(15)16/h4-6,8H,7H2,1-3H3,(H,14,17). The molecule has 0 saturated heterocycles. The summed E-state index contributed by atoms with van der Waals surface area (Å²) in [5.74, 6) is -0.254. The van der Waals surface area contributed by atoms with Crippen LogP contribution in [0.15, 0.2) is 18.2 Å². The molecule has 2 rings (SSSR count). The summed E-state index contributed by atoms with van der Waals surface area (Å²) in [5.41, 5.74) is 2.28. The van der Waals surface area contributed by atoms with Gasteiger partial charge in [-0.05, 0) is 32.9 Å². The largest absolute Gasteiger partial charge is 0.343 e. The van der Waals surface area contributed by atoms with Crippen LogP contribution in [-0.4, -0.2) is 24.4 Å². The van der Waals surface area contributed by atoms with Gasteiger partial charge in [0.15, 0.2) is 0 Å². The van der Waals surface area contributed by atoms with Crippen molar-refractivity contribution in [1.82, 2.24) is 5.32 Å². The minimum Gasteiger partial charge on any atom is -0.343 e. The van der Waals surface area contributed by atoms with Crippen molar-refractivity contribution in [2.24, 2.45) is 0 Å². The number of carbonyl (C=O) groups is 2. The molecule has 1 N–H and O–H groups in total. The second-order valence-electron chi connectivity index (χ2n) is 4.56. The molecule has 4 nitrogen and oxygen atoms in total. The van der Waals surface area contributed by atoms with Crippen molar-refractivity contribution in [2.45, 2.75) is 26.8 Å². The lowest BCUT2D eigenvalue weighted by molar-refractivity contribution is -0.117. The lowest BCUT2D eigenvalue weighted by atomic mass is 10.1. The molecule has 1 aromatic carbocycles. The number of hydrogen-bond donors (Lipinski definition) is 1. The van der Waals surface area contributed by atoms with Gasteiger partial charge in [0.05, 0.1) is 17.8 Å². The van der Waals surface area contributed by atoms with Crippen LogP contribution < -0.4 is 10.2 Å². The van der Waals surface area contributed by atoms with Gasteiger partial charge in [0.2, 0.25) is 5.91 Å². The van der Waals surface area contributed by atoms with Gasteiger partial charge in [0, 0.05) is 6.04 Å². The number of benzene rings is 1. The quantitative estimate of drug-likeness (QED) is 0.797. The first kappa shape index (κ1) is 11.6. The third-order valence-electron chi connectivity index (χ3n) is 2.84. The van der Waals surface area contributed by atoms with Crippen molar-refractivity contribution in [2.75, 3.05) is 11.4 Å². The van der Waals surface area contributed by atoms with Gasteiger partial charge in [-0.1, -0.05) is 11.6 Å². The Morgan fingerprint density at radius 3 is 2.65 bits per heavy atom. The number of fused-ring (bicyclic) bond motifs is 1. The van der Waals surface area contributed by atoms with E-state index >= 15 is 0 Å². The van der Waals surface area contributed by atoms with Crippen LogP contribution in [0.25, 0.3) is 0 Å². The van der Waals surface area contributed by atoms with Crippen LogP contribution in [0, 0.1) is 6.92 Å². The summed E-state index contributed by atoms with van der Waals surface area (Å²) in [6, 6.07) is 5.61. The number of nitrogens with one attached hydrogen (secondary N) is 1. The average Bonchev–Trinajstić information content (AvgIpc) is 2.38. The Morgan fingerprint density at radius 2 is 2.00 bits per heavy atom. The molecule has 0 atom stereocenters. The van der Waals surface area contributed by atoms with E-state index in [4.69, 9.17) is 0 Å². The topological polar surface area (TPSA) is 49.4 Å². The maximum Gasteiger partial charge on any atom is 0.253 e. The second kappa shape index (κ2) is 4.20. The molecule has 0 radical (unpaired) electrons. The van der Waals surface area contributed by atoms with Gasteiger partial charge in [-0.25, -0.2) is 0 Å². The second-order valence-corrected chi connectivity index (χ2v) is 4.56. The molecule has 1 aromatic rings. The molecule has 0 unspecified atom stereocenters. The Morgan fingerprint density at radius 1 is 1.29 bits per heavy atom. The van der Waals surface area contributed by atoms with E-state index in [0.29, 0.717) is 11.3 Å². The van der Waals surface area contributed by atoms with Gasteiger partial charge in [-0.15, -0.1) is 0 Å². The van der Waals surface area contributed by atoms with Crippen LogP contribution in [0.2, 0.25) is 0 Å². The molecule has 1 aliphatic heterocycles. The van der Waals surface area contributed by atoms with E-state index in [9.17, 15) is 9.59 Å². The van der Waals surface area contributed by atoms with Crippen molar-refractivity contribution in [3.8, 4) is 0 Å². The van der Waals surface area contributed by atoms with Gasteiger partial charge in [-0.3, -0.25) is 9.59 Å². The van der Waals surface area contributed by atoms with Crippen LogP contribution >= 0.6 is 0 Å². The molecule has 0 aliphatic carbocycles. The molecule has 0 saturated carbocycles. The zero-order valence-electron chi connectivity index (χ0n) is 10.3. The number of amides is 2. The maximum absolute atomic E-state index is 12.0. The summed E-state index contributed by atoms with van der Waals surface area (Å²) >= 11 is 0. The highest BCUT2D eigenvalue weighted by molar-refractivity contribution is 6.09. The van der Waals surface area contributed by atoms with E-state index in [0.717, 1.165) is 5.56 Å². The summed E-state index contributed by atoms with van der Waals surface area (Å²) < 4.78 is 0. The predicted octanol–water partition coefficient (Wildman–Crippen LogP) is 1.48. The van der Waals surface area contributed by atoms with Gasteiger partial charge in [-0.2, -0.15) is 0 Å². The van der Waals surface area contributed by atoms with Crippen molar-refractivity contribution in [3.05, 3.63) is 29.3 Å². The Labute approximate surface area is 101 Å². The van der Waals surface area contributed by atoms with E-state index in [-0.39, 0.29) is 24.4 Å². The average molecular weight is 232 g/mol. The fourth-order valence-electron chi connectivity index (χ4n) is 2.08.